The Labute approximate surface area is 201 Å². The van der Waals surface area contributed by atoms with E-state index in [0.717, 1.165) is 66.7 Å². The van der Waals surface area contributed by atoms with E-state index in [1.165, 1.54) is 5.56 Å². The van der Waals surface area contributed by atoms with Gasteiger partial charge in [0, 0.05) is 36.2 Å². The second-order valence-electron chi connectivity index (χ2n) is 10.3. The summed E-state index contributed by atoms with van der Waals surface area (Å²) in [4.78, 5) is 18.6. The molecule has 0 aliphatic carbocycles. The highest BCUT2D eigenvalue weighted by atomic mass is 16.5. The molecule has 1 aliphatic rings. The SMILES string of the molecule is CC[C@H](c1nnnn1C(C)(C)CC)N(Cc1cc2c(C)cc(C)cc2[nH]c1=O)C[C@H]1CCCO1. The highest BCUT2D eigenvalue weighted by molar-refractivity contribution is 5.83. The lowest BCUT2D eigenvalue weighted by Gasteiger charge is -2.34. The molecule has 34 heavy (non-hydrogen) atoms. The number of ether oxygens (including phenoxy) is 1. The molecule has 0 saturated carbocycles. The van der Waals surface area contributed by atoms with E-state index in [1.807, 2.05) is 10.7 Å². The number of aromatic amines is 1. The zero-order chi connectivity index (χ0) is 24.5. The van der Waals surface area contributed by atoms with E-state index in [0.29, 0.717) is 6.54 Å². The molecule has 0 radical (unpaired) electrons. The monoisotopic (exact) mass is 466 g/mol. The van der Waals surface area contributed by atoms with Crippen molar-refractivity contribution in [1.29, 1.82) is 0 Å². The van der Waals surface area contributed by atoms with Crippen molar-refractivity contribution < 1.29 is 4.74 Å². The number of nitrogens with zero attached hydrogens (tertiary/aromatic N) is 5. The third-order valence-corrected chi connectivity index (χ3v) is 7.28. The van der Waals surface area contributed by atoms with Crippen molar-refractivity contribution in [2.24, 2.45) is 0 Å². The number of benzene rings is 1. The van der Waals surface area contributed by atoms with E-state index in [4.69, 9.17) is 4.74 Å². The molecule has 0 amide bonds. The molecule has 0 bridgehead atoms. The van der Waals surface area contributed by atoms with E-state index >= 15 is 0 Å². The van der Waals surface area contributed by atoms with Gasteiger partial charge in [0.25, 0.3) is 5.56 Å². The van der Waals surface area contributed by atoms with E-state index in [9.17, 15) is 4.79 Å². The Morgan fingerprint density at radius 3 is 2.74 bits per heavy atom. The van der Waals surface area contributed by atoms with Gasteiger partial charge in [0.2, 0.25) is 0 Å². The minimum Gasteiger partial charge on any atom is -0.377 e. The first kappa shape index (κ1) is 24.5. The van der Waals surface area contributed by atoms with Crippen LogP contribution in [0.25, 0.3) is 10.9 Å². The molecule has 3 aromatic rings. The fourth-order valence-corrected chi connectivity index (χ4v) is 4.99. The fourth-order valence-electron chi connectivity index (χ4n) is 4.99. The number of hydrogen-bond acceptors (Lipinski definition) is 6. The Morgan fingerprint density at radius 1 is 1.26 bits per heavy atom. The molecular formula is C26H38N6O2. The lowest BCUT2D eigenvalue weighted by atomic mass is 10.0. The normalized spacial score (nSPS) is 17.7. The highest BCUT2D eigenvalue weighted by Gasteiger charge is 2.32. The molecule has 1 N–H and O–H groups in total. The molecule has 1 aromatic carbocycles. The molecule has 0 spiro atoms. The summed E-state index contributed by atoms with van der Waals surface area (Å²) in [5.74, 6) is 0.844. The molecular weight excluding hydrogens is 428 g/mol. The number of pyridine rings is 1. The molecule has 1 saturated heterocycles. The van der Waals surface area contributed by atoms with Crippen LogP contribution >= 0.6 is 0 Å². The van der Waals surface area contributed by atoms with Crippen molar-refractivity contribution in [2.75, 3.05) is 13.2 Å². The maximum atomic E-state index is 13.1. The Bertz CT molecular complexity index is 1190. The third kappa shape index (κ3) is 4.93. The van der Waals surface area contributed by atoms with Gasteiger partial charge in [-0.25, -0.2) is 4.68 Å². The van der Waals surface area contributed by atoms with Gasteiger partial charge in [-0.15, -0.1) is 5.10 Å². The predicted octanol–water partition coefficient (Wildman–Crippen LogP) is 4.41. The fraction of sp³-hybridized carbons (Fsp3) is 0.615. The van der Waals surface area contributed by atoms with Gasteiger partial charge in [-0.2, -0.15) is 0 Å². The Morgan fingerprint density at radius 2 is 2.06 bits per heavy atom. The molecule has 2 aromatic heterocycles. The molecule has 1 aliphatic heterocycles. The molecule has 2 atom stereocenters. The van der Waals surface area contributed by atoms with Crippen molar-refractivity contribution in [3.05, 3.63) is 51.1 Å². The summed E-state index contributed by atoms with van der Waals surface area (Å²) in [7, 11) is 0. The standard InChI is InChI=1S/C26H38N6O2/c1-7-23(24-28-29-30-32(24)26(5,6)8-2)31(16-20-10-9-11-34-20)15-19-14-21-18(4)12-17(3)13-22(21)27-25(19)33/h12-14,20,23H,7-11,15-16H2,1-6H3,(H,27,33)/t20-,23-/m1/s1. The second-order valence-corrected chi connectivity index (χ2v) is 10.3. The zero-order valence-corrected chi connectivity index (χ0v) is 21.4. The Hall–Kier alpha value is -2.58. The van der Waals surface area contributed by atoms with Crippen LogP contribution in [0.15, 0.2) is 23.0 Å². The number of aryl methyl sites for hydroxylation is 2. The zero-order valence-electron chi connectivity index (χ0n) is 21.4. The minimum absolute atomic E-state index is 0.0285. The maximum absolute atomic E-state index is 13.1. The average Bonchev–Trinajstić information content (AvgIpc) is 3.48. The van der Waals surface area contributed by atoms with Crippen LogP contribution in [0.2, 0.25) is 0 Å². The quantitative estimate of drug-likeness (QED) is 0.503. The summed E-state index contributed by atoms with van der Waals surface area (Å²) in [6.07, 6.45) is 4.00. The van der Waals surface area contributed by atoms with Crippen molar-refractivity contribution in [2.45, 2.75) is 91.5 Å². The smallest absolute Gasteiger partial charge is 0.252 e. The maximum Gasteiger partial charge on any atom is 0.252 e. The topological polar surface area (TPSA) is 88.9 Å². The van der Waals surface area contributed by atoms with Crippen LogP contribution in [0.4, 0.5) is 0 Å². The average molecular weight is 467 g/mol. The number of rotatable bonds is 9. The Kier molecular flexibility index (Phi) is 7.19. The van der Waals surface area contributed by atoms with Crippen LogP contribution in [-0.4, -0.2) is 49.3 Å². The van der Waals surface area contributed by atoms with Crippen LogP contribution in [0.3, 0.4) is 0 Å². The van der Waals surface area contributed by atoms with Crippen molar-refractivity contribution >= 4 is 10.9 Å². The lowest BCUT2D eigenvalue weighted by Crippen LogP contribution is -2.39. The lowest BCUT2D eigenvalue weighted by molar-refractivity contribution is 0.0475. The van der Waals surface area contributed by atoms with Crippen LogP contribution in [0, 0.1) is 13.8 Å². The van der Waals surface area contributed by atoms with E-state index in [-0.39, 0.29) is 23.2 Å². The van der Waals surface area contributed by atoms with E-state index in [2.05, 4.69) is 79.1 Å². The molecule has 184 valence electrons. The summed E-state index contributed by atoms with van der Waals surface area (Å²) in [5, 5.41) is 14.0. The van der Waals surface area contributed by atoms with Gasteiger partial charge in [-0.05, 0) is 87.1 Å². The number of nitrogens with one attached hydrogen (secondary N) is 1. The minimum atomic E-state index is -0.197. The van der Waals surface area contributed by atoms with E-state index < -0.39 is 0 Å². The predicted molar refractivity (Wildman–Crippen MR) is 134 cm³/mol. The molecule has 0 unspecified atom stereocenters. The van der Waals surface area contributed by atoms with Gasteiger partial charge in [0.1, 0.15) is 0 Å². The Balaban J connectivity index is 1.74. The van der Waals surface area contributed by atoms with Gasteiger partial charge in [0.15, 0.2) is 5.82 Å². The van der Waals surface area contributed by atoms with Crippen LogP contribution < -0.4 is 5.56 Å². The molecule has 8 heteroatoms. The molecule has 4 rings (SSSR count). The number of hydrogen-bond donors (Lipinski definition) is 1. The van der Waals surface area contributed by atoms with Crippen LogP contribution in [-0.2, 0) is 16.8 Å². The third-order valence-electron chi connectivity index (χ3n) is 7.28. The van der Waals surface area contributed by atoms with Crippen LogP contribution in [0.5, 0.6) is 0 Å². The molecule has 1 fully saturated rings. The van der Waals surface area contributed by atoms with Crippen molar-refractivity contribution in [1.82, 2.24) is 30.1 Å². The first-order valence-corrected chi connectivity index (χ1v) is 12.5. The van der Waals surface area contributed by atoms with Crippen LogP contribution in [0.1, 0.15) is 81.9 Å². The van der Waals surface area contributed by atoms with E-state index in [1.54, 1.807) is 0 Å². The first-order valence-electron chi connectivity index (χ1n) is 12.5. The first-order chi connectivity index (χ1) is 16.2. The summed E-state index contributed by atoms with van der Waals surface area (Å²) < 4.78 is 7.96. The highest BCUT2D eigenvalue weighted by Crippen LogP contribution is 2.30. The number of tetrazole rings is 1. The van der Waals surface area contributed by atoms with Gasteiger partial charge >= 0.3 is 0 Å². The van der Waals surface area contributed by atoms with Gasteiger partial charge in [-0.1, -0.05) is 19.9 Å². The van der Waals surface area contributed by atoms with Gasteiger partial charge in [0.05, 0.1) is 17.7 Å². The second kappa shape index (κ2) is 9.96. The summed E-state index contributed by atoms with van der Waals surface area (Å²) in [6.45, 7) is 14.8. The number of H-pyrrole nitrogens is 1. The largest absolute Gasteiger partial charge is 0.377 e. The van der Waals surface area contributed by atoms with Gasteiger partial charge < -0.3 is 9.72 Å². The van der Waals surface area contributed by atoms with Crippen molar-refractivity contribution in [3.63, 3.8) is 0 Å². The summed E-state index contributed by atoms with van der Waals surface area (Å²) in [5.41, 5.74) is 3.71. The molecule has 8 nitrogen and oxygen atoms in total. The van der Waals surface area contributed by atoms with Crippen molar-refractivity contribution in [3.8, 4) is 0 Å². The number of fused-ring (bicyclic) bond motifs is 1. The van der Waals surface area contributed by atoms with Gasteiger partial charge in [-0.3, -0.25) is 9.69 Å². The summed E-state index contributed by atoms with van der Waals surface area (Å²) in [6, 6.07) is 6.22. The summed E-state index contributed by atoms with van der Waals surface area (Å²) >= 11 is 0. The number of aromatic nitrogens is 5. The molecule has 3 heterocycles.